The van der Waals surface area contributed by atoms with Crippen LogP contribution >= 0.6 is 0 Å². The number of halogens is 1. The van der Waals surface area contributed by atoms with Crippen molar-refractivity contribution in [3.05, 3.63) is 33.1 Å². The number of ether oxygens (including phenoxy) is 1. The van der Waals surface area contributed by atoms with Gasteiger partial charge in [-0.25, -0.2) is 9.18 Å². The molecule has 0 spiro atoms. The number of hydrogen-bond acceptors (Lipinski definition) is 6. The van der Waals surface area contributed by atoms with Crippen LogP contribution in [0.5, 0.6) is 0 Å². The summed E-state index contributed by atoms with van der Waals surface area (Å²) in [5, 5.41) is 28.8. The van der Waals surface area contributed by atoms with Gasteiger partial charge in [-0.3, -0.25) is 13.9 Å². The van der Waals surface area contributed by atoms with Gasteiger partial charge in [0.15, 0.2) is 6.23 Å². The summed E-state index contributed by atoms with van der Waals surface area (Å²) in [5.41, 5.74) is -3.60. The number of rotatable bonds is 2. The molecule has 8 nitrogen and oxygen atoms in total. The molecule has 1 fully saturated rings. The number of aromatic nitrogens is 2. The van der Waals surface area contributed by atoms with E-state index in [9.17, 15) is 24.2 Å². The van der Waals surface area contributed by atoms with Gasteiger partial charge in [-0.15, -0.1) is 0 Å². The molecule has 0 bridgehead atoms. The van der Waals surface area contributed by atoms with Gasteiger partial charge in [-0.2, -0.15) is 0 Å². The molecule has 3 N–H and O–H groups in total. The largest absolute Gasteiger partial charge is 0.390 e. The Labute approximate surface area is 112 Å². The van der Waals surface area contributed by atoms with Crippen LogP contribution in [0.3, 0.4) is 0 Å². The zero-order valence-electron chi connectivity index (χ0n) is 10.9. The van der Waals surface area contributed by atoms with Gasteiger partial charge in [-0.1, -0.05) is 0 Å². The molecule has 20 heavy (non-hydrogen) atoms. The molecule has 0 saturated carbocycles. The second-order valence-corrected chi connectivity index (χ2v) is 4.95. The molecule has 2 heterocycles. The van der Waals surface area contributed by atoms with Crippen LogP contribution in [0, 0.1) is 0 Å². The van der Waals surface area contributed by atoms with Crippen molar-refractivity contribution >= 4 is 0 Å². The van der Waals surface area contributed by atoms with Crippen LogP contribution in [0.15, 0.2) is 21.9 Å². The second-order valence-electron chi connectivity index (χ2n) is 4.95. The molecule has 1 aliphatic rings. The molecule has 1 aliphatic heterocycles. The number of hydrogen-bond donors (Lipinski definition) is 3. The highest BCUT2D eigenvalue weighted by Crippen LogP contribution is 2.44. The molecule has 112 valence electrons. The summed E-state index contributed by atoms with van der Waals surface area (Å²) in [6.45, 7) is -0.127. The first-order valence-electron chi connectivity index (χ1n) is 5.81. The van der Waals surface area contributed by atoms with Crippen molar-refractivity contribution in [2.45, 2.75) is 30.7 Å². The van der Waals surface area contributed by atoms with Crippen LogP contribution in [0.4, 0.5) is 4.39 Å². The zero-order chi connectivity index (χ0) is 15.3. The monoisotopic (exact) mass is 290 g/mol. The van der Waals surface area contributed by atoms with Gasteiger partial charge < -0.3 is 20.1 Å². The van der Waals surface area contributed by atoms with Crippen molar-refractivity contribution in [1.29, 1.82) is 0 Å². The van der Waals surface area contributed by atoms with E-state index in [1.54, 1.807) is 0 Å². The van der Waals surface area contributed by atoms with Crippen molar-refractivity contribution in [1.82, 2.24) is 9.13 Å². The Hall–Kier alpha value is -1.55. The van der Waals surface area contributed by atoms with E-state index >= 15 is 0 Å². The first-order chi connectivity index (χ1) is 9.15. The number of aliphatic hydroxyl groups excluding tert-OH is 2. The third-order valence-electron chi connectivity index (χ3n) is 3.45. The molecule has 0 radical (unpaired) electrons. The van der Waals surface area contributed by atoms with E-state index in [-0.39, 0.29) is 0 Å². The average molecular weight is 290 g/mol. The van der Waals surface area contributed by atoms with Crippen LogP contribution in [-0.4, -0.2) is 48.6 Å². The van der Waals surface area contributed by atoms with Crippen molar-refractivity contribution < 1.29 is 24.4 Å². The summed E-state index contributed by atoms with van der Waals surface area (Å²) in [7, 11) is 1.20. The Kier molecular flexibility index (Phi) is 3.33. The fourth-order valence-electron chi connectivity index (χ4n) is 2.17. The maximum absolute atomic E-state index is 14.1. The normalized spacial score (nSPS) is 37.3. The molecular weight excluding hydrogens is 275 g/mol. The molecule has 2 rings (SSSR count). The lowest BCUT2D eigenvalue weighted by Gasteiger charge is -2.27. The Morgan fingerprint density at radius 2 is 2.10 bits per heavy atom. The molecule has 9 heteroatoms. The summed E-state index contributed by atoms with van der Waals surface area (Å²) >= 11 is 0. The summed E-state index contributed by atoms with van der Waals surface area (Å²) in [6.07, 6.45) is -2.62. The Bertz CT molecular complexity index is 639. The van der Waals surface area contributed by atoms with E-state index in [1.807, 2.05) is 0 Å². The average Bonchev–Trinajstić information content (AvgIpc) is 2.58. The molecule has 0 amide bonds. The lowest BCUT2D eigenvalue weighted by molar-refractivity contribution is -0.207. The minimum atomic E-state index is -2.90. The van der Waals surface area contributed by atoms with Crippen LogP contribution in [-0.2, 0) is 11.8 Å². The predicted molar refractivity (Wildman–Crippen MR) is 63.6 cm³/mol. The van der Waals surface area contributed by atoms with Gasteiger partial charge in [0.05, 0.1) is 0 Å². The molecule has 1 aromatic rings. The van der Waals surface area contributed by atoms with Crippen molar-refractivity contribution in [3.63, 3.8) is 0 Å². The summed E-state index contributed by atoms with van der Waals surface area (Å²) in [4.78, 5) is 23.2. The highest BCUT2D eigenvalue weighted by atomic mass is 19.2. The van der Waals surface area contributed by atoms with Gasteiger partial charge in [0.25, 0.3) is 11.4 Å². The fourth-order valence-corrected chi connectivity index (χ4v) is 2.17. The van der Waals surface area contributed by atoms with Crippen LogP contribution in [0.2, 0.25) is 0 Å². The van der Waals surface area contributed by atoms with Gasteiger partial charge >= 0.3 is 5.69 Å². The summed E-state index contributed by atoms with van der Waals surface area (Å²) < 4.78 is 20.4. The van der Waals surface area contributed by atoms with Crippen molar-refractivity contribution in [2.24, 2.45) is 7.05 Å². The lowest BCUT2D eigenvalue weighted by Crippen LogP contribution is -2.50. The minimum Gasteiger partial charge on any atom is -0.390 e. The third kappa shape index (κ3) is 1.90. The summed E-state index contributed by atoms with van der Waals surface area (Å²) in [5.74, 6) is -2.90. The predicted octanol–water partition coefficient (Wildman–Crippen LogP) is -2.15. The summed E-state index contributed by atoms with van der Waals surface area (Å²) in [6, 6.07) is 1.03. The van der Waals surface area contributed by atoms with Crippen LogP contribution in [0.25, 0.3) is 0 Å². The number of alkyl halides is 1. The standard InChI is InChI=1S/C11H15FN2O6/c1-10(19)7(17)11(12,5-15)20-8(10)14-4-3-6(16)13(2)9(14)18/h3-4,7-8,15,17,19H,5H2,1-2H3/t7-,8+,10+,11+/m0/s1. The molecule has 1 saturated heterocycles. The fraction of sp³-hybridized carbons (Fsp3) is 0.636. The van der Waals surface area contributed by atoms with Crippen LogP contribution < -0.4 is 11.2 Å². The van der Waals surface area contributed by atoms with E-state index in [4.69, 9.17) is 9.84 Å². The van der Waals surface area contributed by atoms with Gasteiger partial charge in [0.1, 0.15) is 18.3 Å². The highest BCUT2D eigenvalue weighted by molar-refractivity contribution is 5.04. The van der Waals surface area contributed by atoms with Crippen molar-refractivity contribution in [3.8, 4) is 0 Å². The van der Waals surface area contributed by atoms with E-state index in [0.29, 0.717) is 0 Å². The Morgan fingerprint density at radius 1 is 1.50 bits per heavy atom. The van der Waals surface area contributed by atoms with Gasteiger partial charge in [0.2, 0.25) is 0 Å². The smallest absolute Gasteiger partial charge is 0.332 e. The highest BCUT2D eigenvalue weighted by Gasteiger charge is 2.62. The van der Waals surface area contributed by atoms with E-state index in [2.05, 4.69) is 0 Å². The van der Waals surface area contributed by atoms with E-state index in [0.717, 1.165) is 28.3 Å². The minimum absolute atomic E-state index is 0.585. The number of aliphatic hydroxyl groups is 3. The van der Waals surface area contributed by atoms with Crippen molar-refractivity contribution in [2.75, 3.05) is 6.61 Å². The van der Waals surface area contributed by atoms with Gasteiger partial charge in [0, 0.05) is 19.3 Å². The third-order valence-corrected chi connectivity index (χ3v) is 3.45. The zero-order valence-corrected chi connectivity index (χ0v) is 10.9. The Balaban J connectivity index is 2.57. The maximum atomic E-state index is 14.1. The molecular formula is C11H15FN2O6. The molecule has 0 unspecified atom stereocenters. The maximum Gasteiger partial charge on any atom is 0.332 e. The number of nitrogens with zero attached hydrogens (tertiary/aromatic N) is 2. The quantitative estimate of drug-likeness (QED) is 0.572. The van der Waals surface area contributed by atoms with E-state index in [1.165, 1.54) is 7.05 Å². The molecule has 1 aromatic heterocycles. The first-order valence-corrected chi connectivity index (χ1v) is 5.81. The van der Waals surface area contributed by atoms with E-state index < -0.39 is 41.6 Å². The van der Waals surface area contributed by atoms with Crippen LogP contribution in [0.1, 0.15) is 13.2 Å². The molecule has 0 aromatic carbocycles. The molecule has 0 aliphatic carbocycles. The Morgan fingerprint density at radius 3 is 2.60 bits per heavy atom. The topological polar surface area (TPSA) is 114 Å². The second kappa shape index (κ2) is 4.48. The molecule has 4 atom stereocenters. The lowest BCUT2D eigenvalue weighted by atomic mass is 9.95. The van der Waals surface area contributed by atoms with Gasteiger partial charge in [-0.05, 0) is 6.92 Å². The SMILES string of the molecule is Cn1c(=O)ccn([C@@H]2O[C@](F)(CO)[C@@H](O)[C@@]2(C)O)c1=O. The first kappa shape index (κ1) is 14.9.